The van der Waals surface area contributed by atoms with E-state index >= 15 is 0 Å². The third-order valence-corrected chi connectivity index (χ3v) is 6.76. The van der Waals surface area contributed by atoms with Crippen molar-refractivity contribution in [3.8, 4) is 17.0 Å². The number of aromatic nitrogens is 2. The Morgan fingerprint density at radius 1 is 1.16 bits per heavy atom. The van der Waals surface area contributed by atoms with Crippen LogP contribution < -0.4 is 9.64 Å². The molecule has 3 heterocycles. The van der Waals surface area contributed by atoms with E-state index in [2.05, 4.69) is 9.88 Å². The number of ether oxygens (including phenoxy) is 1. The summed E-state index contributed by atoms with van der Waals surface area (Å²) in [5, 5.41) is 1.96. The summed E-state index contributed by atoms with van der Waals surface area (Å²) in [7, 11) is 1.63. The summed E-state index contributed by atoms with van der Waals surface area (Å²) < 4.78 is 20.6. The molecule has 0 saturated carbocycles. The summed E-state index contributed by atoms with van der Waals surface area (Å²) >= 11 is 7.36. The Hall–Kier alpha value is -3.10. The van der Waals surface area contributed by atoms with E-state index in [1.54, 1.807) is 19.2 Å². The zero-order valence-electron chi connectivity index (χ0n) is 17.3. The van der Waals surface area contributed by atoms with Crippen molar-refractivity contribution < 1.29 is 13.9 Å². The lowest BCUT2D eigenvalue weighted by atomic mass is 10.1. The number of thiazole rings is 1. The van der Waals surface area contributed by atoms with Gasteiger partial charge in [0.15, 0.2) is 4.96 Å². The lowest BCUT2D eigenvalue weighted by Crippen LogP contribution is -2.49. The van der Waals surface area contributed by atoms with Crippen LogP contribution in [0.25, 0.3) is 16.2 Å². The predicted octanol–water partition coefficient (Wildman–Crippen LogP) is 4.83. The number of rotatable bonds is 4. The molecule has 32 heavy (non-hydrogen) atoms. The SMILES string of the molecule is COc1cccc(-c2cn3c(C(=O)N4CCN(c5ccc(F)c(Cl)c5)CC4)csc3n2)c1. The van der Waals surface area contributed by atoms with E-state index in [1.807, 2.05) is 45.1 Å². The lowest BCUT2D eigenvalue weighted by Gasteiger charge is -2.36. The minimum absolute atomic E-state index is 0.0253. The molecule has 0 unspecified atom stereocenters. The maximum Gasteiger partial charge on any atom is 0.271 e. The number of hydrogen-bond donors (Lipinski definition) is 0. The molecule has 2 aromatic carbocycles. The maximum atomic E-state index is 13.5. The molecule has 0 N–H and O–H groups in total. The first kappa shape index (κ1) is 20.8. The number of carbonyl (C=O) groups is 1. The van der Waals surface area contributed by atoms with Crippen LogP contribution in [-0.2, 0) is 0 Å². The number of piperazine rings is 1. The van der Waals surface area contributed by atoms with Crippen molar-refractivity contribution in [1.29, 1.82) is 0 Å². The predicted molar refractivity (Wildman–Crippen MR) is 125 cm³/mol. The van der Waals surface area contributed by atoms with E-state index < -0.39 is 5.82 Å². The lowest BCUT2D eigenvalue weighted by molar-refractivity contribution is 0.0740. The molecule has 0 radical (unpaired) electrons. The monoisotopic (exact) mass is 470 g/mol. The van der Waals surface area contributed by atoms with E-state index in [1.165, 1.54) is 17.4 Å². The molecule has 1 saturated heterocycles. The van der Waals surface area contributed by atoms with Crippen molar-refractivity contribution in [2.45, 2.75) is 0 Å². The summed E-state index contributed by atoms with van der Waals surface area (Å²) in [6, 6.07) is 12.4. The van der Waals surface area contributed by atoms with Crippen molar-refractivity contribution in [3.05, 3.63) is 70.6 Å². The van der Waals surface area contributed by atoms with Crippen molar-refractivity contribution in [1.82, 2.24) is 14.3 Å². The van der Waals surface area contributed by atoms with Gasteiger partial charge in [-0.25, -0.2) is 9.37 Å². The van der Waals surface area contributed by atoms with E-state index in [9.17, 15) is 9.18 Å². The number of carbonyl (C=O) groups excluding carboxylic acids is 1. The summed E-state index contributed by atoms with van der Waals surface area (Å²) in [6.07, 6.45) is 1.89. The Balaban J connectivity index is 1.33. The van der Waals surface area contributed by atoms with E-state index in [0.29, 0.717) is 31.9 Å². The van der Waals surface area contributed by atoms with E-state index in [-0.39, 0.29) is 10.9 Å². The molecule has 6 nitrogen and oxygen atoms in total. The maximum absolute atomic E-state index is 13.5. The molecule has 2 aromatic heterocycles. The second-order valence-corrected chi connectivity index (χ2v) is 8.75. The average molecular weight is 471 g/mol. The van der Waals surface area contributed by atoms with Gasteiger partial charge in [-0.1, -0.05) is 23.7 Å². The fourth-order valence-electron chi connectivity index (χ4n) is 3.87. The highest BCUT2D eigenvalue weighted by molar-refractivity contribution is 7.15. The van der Waals surface area contributed by atoms with Crippen LogP contribution in [0.4, 0.5) is 10.1 Å². The summed E-state index contributed by atoms with van der Waals surface area (Å²) in [4.78, 5) is 22.6. The van der Waals surface area contributed by atoms with Crippen LogP contribution in [0.15, 0.2) is 54.0 Å². The molecule has 4 aromatic rings. The Labute approximate surface area is 193 Å². The first-order valence-electron chi connectivity index (χ1n) is 10.1. The van der Waals surface area contributed by atoms with Gasteiger partial charge in [0.1, 0.15) is 17.3 Å². The molecule has 1 aliphatic heterocycles. The van der Waals surface area contributed by atoms with Gasteiger partial charge in [0.25, 0.3) is 5.91 Å². The quantitative estimate of drug-likeness (QED) is 0.429. The smallest absolute Gasteiger partial charge is 0.271 e. The molecule has 0 bridgehead atoms. The zero-order chi connectivity index (χ0) is 22.2. The van der Waals surface area contributed by atoms with Gasteiger partial charge in [-0.2, -0.15) is 0 Å². The van der Waals surface area contributed by atoms with Crippen molar-refractivity contribution >= 4 is 39.5 Å². The molecule has 1 fully saturated rings. The minimum Gasteiger partial charge on any atom is -0.497 e. The third-order valence-electron chi connectivity index (χ3n) is 5.63. The van der Waals surface area contributed by atoms with Crippen molar-refractivity contribution in [3.63, 3.8) is 0 Å². The molecule has 0 spiro atoms. The van der Waals surface area contributed by atoms with Gasteiger partial charge in [-0.3, -0.25) is 9.20 Å². The third kappa shape index (κ3) is 3.80. The molecule has 164 valence electrons. The Morgan fingerprint density at radius 3 is 2.72 bits per heavy atom. The number of imidazole rings is 1. The number of methoxy groups -OCH3 is 1. The molecule has 1 amide bonds. The number of halogens is 2. The van der Waals surface area contributed by atoms with Crippen LogP contribution in [-0.4, -0.2) is 53.5 Å². The van der Waals surface area contributed by atoms with Gasteiger partial charge in [0.05, 0.1) is 17.8 Å². The molecular formula is C23H20ClFN4O2S. The van der Waals surface area contributed by atoms with Crippen LogP contribution in [0.1, 0.15) is 10.5 Å². The molecular weight excluding hydrogens is 451 g/mol. The first-order valence-corrected chi connectivity index (χ1v) is 11.4. The van der Waals surface area contributed by atoms with Gasteiger partial charge < -0.3 is 14.5 Å². The summed E-state index contributed by atoms with van der Waals surface area (Å²) in [5.74, 6) is 0.303. The Morgan fingerprint density at radius 2 is 1.97 bits per heavy atom. The van der Waals surface area contributed by atoms with Crippen LogP contribution in [0.3, 0.4) is 0 Å². The first-order chi connectivity index (χ1) is 15.5. The van der Waals surface area contributed by atoms with Crippen molar-refractivity contribution in [2.75, 3.05) is 38.2 Å². The van der Waals surface area contributed by atoms with Gasteiger partial charge in [-0.15, -0.1) is 11.3 Å². The van der Waals surface area contributed by atoms with Crippen LogP contribution in [0, 0.1) is 5.82 Å². The average Bonchev–Trinajstić information content (AvgIpc) is 3.42. The normalized spacial score (nSPS) is 14.2. The Kier molecular flexibility index (Phi) is 5.48. The Bertz CT molecular complexity index is 1300. The molecule has 0 aliphatic carbocycles. The molecule has 0 atom stereocenters. The molecule has 1 aliphatic rings. The molecule has 9 heteroatoms. The summed E-state index contributed by atoms with van der Waals surface area (Å²) in [6.45, 7) is 2.45. The number of amides is 1. The highest BCUT2D eigenvalue weighted by atomic mass is 35.5. The fraction of sp³-hybridized carbons (Fsp3) is 0.217. The van der Waals surface area contributed by atoms with Gasteiger partial charge in [0, 0.05) is 49.0 Å². The topological polar surface area (TPSA) is 50.1 Å². The standard InChI is InChI=1S/C23H20ClFN4O2S/c1-31-17-4-2-3-15(11-17)20-13-29-21(14-32-23(29)26-20)22(30)28-9-7-27(8-10-28)16-5-6-19(25)18(24)12-16/h2-6,11-14H,7-10H2,1H3. The van der Waals surface area contributed by atoms with E-state index in [4.69, 9.17) is 16.3 Å². The second kappa shape index (κ2) is 8.44. The number of anilines is 1. The molecule has 5 rings (SSSR count). The number of hydrogen-bond acceptors (Lipinski definition) is 5. The second-order valence-electron chi connectivity index (χ2n) is 7.51. The highest BCUT2D eigenvalue weighted by Gasteiger charge is 2.25. The largest absolute Gasteiger partial charge is 0.497 e. The minimum atomic E-state index is -0.431. The number of fused-ring (bicyclic) bond motifs is 1. The fourth-order valence-corrected chi connectivity index (χ4v) is 4.89. The van der Waals surface area contributed by atoms with Crippen LogP contribution >= 0.6 is 22.9 Å². The van der Waals surface area contributed by atoms with Crippen LogP contribution in [0.5, 0.6) is 5.75 Å². The highest BCUT2D eigenvalue weighted by Crippen LogP contribution is 2.28. The van der Waals surface area contributed by atoms with Crippen molar-refractivity contribution in [2.24, 2.45) is 0 Å². The van der Waals surface area contributed by atoms with E-state index in [0.717, 1.165) is 27.7 Å². The van der Waals surface area contributed by atoms with Crippen LogP contribution in [0.2, 0.25) is 5.02 Å². The van der Waals surface area contributed by atoms with Gasteiger partial charge in [0.2, 0.25) is 0 Å². The summed E-state index contributed by atoms with van der Waals surface area (Å²) in [5.41, 5.74) is 3.19. The van der Waals surface area contributed by atoms with Gasteiger partial charge in [-0.05, 0) is 30.3 Å². The zero-order valence-corrected chi connectivity index (χ0v) is 18.9. The number of nitrogens with zero attached hydrogens (tertiary/aromatic N) is 4. The number of benzene rings is 2. The van der Waals surface area contributed by atoms with Gasteiger partial charge >= 0.3 is 0 Å².